The van der Waals surface area contributed by atoms with Gasteiger partial charge in [-0.15, -0.1) is 0 Å². The van der Waals surface area contributed by atoms with Crippen molar-refractivity contribution < 1.29 is 0 Å². The number of rotatable bonds is 7. The first-order chi connectivity index (χ1) is 11.6. The molecule has 5 nitrogen and oxygen atoms in total. The number of aromatic nitrogens is 2. The van der Waals surface area contributed by atoms with Crippen LogP contribution in [-0.2, 0) is 13.0 Å². The van der Waals surface area contributed by atoms with Crippen LogP contribution in [0.3, 0.4) is 0 Å². The van der Waals surface area contributed by atoms with Crippen molar-refractivity contribution in [2.45, 2.75) is 26.3 Å². The lowest BCUT2D eigenvalue weighted by atomic mass is 10.1. The van der Waals surface area contributed by atoms with Gasteiger partial charge in [-0.25, -0.2) is 0 Å². The highest BCUT2D eigenvalue weighted by Crippen LogP contribution is 2.21. The van der Waals surface area contributed by atoms with Gasteiger partial charge in [0.25, 0.3) is 0 Å². The van der Waals surface area contributed by atoms with Gasteiger partial charge < -0.3 is 10.6 Å². The van der Waals surface area contributed by atoms with Crippen LogP contribution in [0.4, 0.5) is 0 Å². The van der Waals surface area contributed by atoms with Gasteiger partial charge in [-0.2, -0.15) is 5.10 Å². The third-order valence-electron chi connectivity index (χ3n) is 3.55. The molecule has 1 heterocycles. The van der Waals surface area contributed by atoms with Gasteiger partial charge in [0.15, 0.2) is 5.96 Å². The number of guanidine groups is 1. The molecule has 2 aromatic rings. The quantitative estimate of drug-likeness (QED) is 0.448. The maximum Gasteiger partial charge on any atom is 0.191 e. The molecule has 2 rings (SSSR count). The van der Waals surface area contributed by atoms with Crippen molar-refractivity contribution in [2.24, 2.45) is 4.99 Å². The second-order valence-electron chi connectivity index (χ2n) is 5.55. The van der Waals surface area contributed by atoms with E-state index < -0.39 is 0 Å². The van der Waals surface area contributed by atoms with E-state index in [1.54, 1.807) is 13.1 Å². The highest BCUT2D eigenvalue weighted by Gasteiger charge is 2.02. The standard InChI is InChI=1S/C17H23Cl2N5/c1-13-11-23-24(12-13)9-8-22-17(20-2)21-7-3-4-14-5-6-15(18)10-16(14)19/h5-6,10-12H,3-4,7-9H2,1-2H3,(H2,20,21,22). The van der Waals surface area contributed by atoms with Gasteiger partial charge in [0, 0.05) is 36.4 Å². The van der Waals surface area contributed by atoms with Gasteiger partial charge >= 0.3 is 0 Å². The Labute approximate surface area is 153 Å². The van der Waals surface area contributed by atoms with Crippen molar-refractivity contribution in [3.8, 4) is 0 Å². The van der Waals surface area contributed by atoms with Crippen LogP contribution in [0, 0.1) is 6.92 Å². The molecule has 0 saturated carbocycles. The van der Waals surface area contributed by atoms with Crippen molar-refractivity contribution in [1.29, 1.82) is 0 Å². The summed E-state index contributed by atoms with van der Waals surface area (Å²) in [6.07, 6.45) is 5.73. The molecule has 0 amide bonds. The number of halogens is 2. The molecule has 2 N–H and O–H groups in total. The summed E-state index contributed by atoms with van der Waals surface area (Å²) in [4.78, 5) is 4.22. The van der Waals surface area contributed by atoms with Crippen LogP contribution in [0.2, 0.25) is 10.0 Å². The van der Waals surface area contributed by atoms with Gasteiger partial charge in [-0.1, -0.05) is 29.3 Å². The molecule has 24 heavy (non-hydrogen) atoms. The first-order valence-electron chi connectivity index (χ1n) is 7.96. The van der Waals surface area contributed by atoms with E-state index in [9.17, 15) is 0 Å². The van der Waals surface area contributed by atoms with Crippen molar-refractivity contribution >= 4 is 29.2 Å². The Morgan fingerprint density at radius 3 is 2.71 bits per heavy atom. The van der Waals surface area contributed by atoms with Gasteiger partial charge in [-0.3, -0.25) is 9.67 Å². The zero-order valence-electron chi connectivity index (χ0n) is 14.0. The molecule has 1 aromatic heterocycles. The van der Waals surface area contributed by atoms with Crippen molar-refractivity contribution in [3.63, 3.8) is 0 Å². The van der Waals surface area contributed by atoms with Crippen LogP contribution in [0.15, 0.2) is 35.6 Å². The van der Waals surface area contributed by atoms with E-state index in [4.69, 9.17) is 23.2 Å². The average Bonchev–Trinajstić information content (AvgIpc) is 2.96. The Hall–Kier alpha value is -1.72. The van der Waals surface area contributed by atoms with Gasteiger partial charge in [0.2, 0.25) is 0 Å². The average molecular weight is 368 g/mol. The molecule has 0 unspecified atom stereocenters. The Balaban J connectivity index is 1.66. The summed E-state index contributed by atoms with van der Waals surface area (Å²) in [5, 5.41) is 12.2. The summed E-state index contributed by atoms with van der Waals surface area (Å²) < 4.78 is 1.91. The third kappa shape index (κ3) is 6.06. The molecule has 0 bridgehead atoms. The van der Waals surface area contributed by atoms with E-state index in [2.05, 4.69) is 20.7 Å². The summed E-state index contributed by atoms with van der Waals surface area (Å²) in [6.45, 7) is 4.42. The molecule has 0 aliphatic carbocycles. The molecule has 1 aromatic carbocycles. The molecule has 130 valence electrons. The van der Waals surface area contributed by atoms with Crippen molar-refractivity contribution in [1.82, 2.24) is 20.4 Å². The number of benzene rings is 1. The van der Waals surface area contributed by atoms with Crippen LogP contribution < -0.4 is 10.6 Å². The van der Waals surface area contributed by atoms with Crippen LogP contribution in [-0.4, -0.2) is 35.9 Å². The summed E-state index contributed by atoms with van der Waals surface area (Å²) >= 11 is 12.1. The first-order valence-corrected chi connectivity index (χ1v) is 8.71. The molecule has 0 aliphatic rings. The minimum atomic E-state index is 0.666. The number of nitrogens with zero attached hydrogens (tertiary/aromatic N) is 3. The second kappa shape index (κ2) is 9.55. The van der Waals surface area contributed by atoms with Gasteiger partial charge in [0.05, 0.1) is 12.7 Å². The van der Waals surface area contributed by atoms with E-state index >= 15 is 0 Å². The van der Waals surface area contributed by atoms with Crippen LogP contribution >= 0.6 is 23.2 Å². The minimum absolute atomic E-state index is 0.666. The predicted octanol–water partition coefficient (Wildman–Crippen LogP) is 3.30. The highest BCUT2D eigenvalue weighted by molar-refractivity contribution is 6.35. The molecule has 0 saturated heterocycles. The Bertz CT molecular complexity index is 681. The smallest absolute Gasteiger partial charge is 0.191 e. The number of nitrogens with one attached hydrogen (secondary N) is 2. The fourth-order valence-corrected chi connectivity index (χ4v) is 2.81. The molecule has 0 fully saturated rings. The summed E-state index contributed by atoms with van der Waals surface area (Å²) in [5.74, 6) is 0.793. The minimum Gasteiger partial charge on any atom is -0.356 e. The molecule has 0 radical (unpaired) electrons. The Morgan fingerprint density at radius 2 is 2.04 bits per heavy atom. The van der Waals surface area contributed by atoms with E-state index in [0.717, 1.165) is 49.0 Å². The summed E-state index contributed by atoms with van der Waals surface area (Å²) in [5.41, 5.74) is 2.28. The lowest BCUT2D eigenvalue weighted by Gasteiger charge is -2.12. The number of aryl methyl sites for hydroxylation is 2. The van der Waals surface area contributed by atoms with Crippen LogP contribution in [0.25, 0.3) is 0 Å². The normalized spacial score (nSPS) is 11.6. The van der Waals surface area contributed by atoms with E-state index in [1.165, 1.54) is 5.56 Å². The number of hydrogen-bond donors (Lipinski definition) is 2. The molecule has 0 atom stereocenters. The predicted molar refractivity (Wildman–Crippen MR) is 101 cm³/mol. The topological polar surface area (TPSA) is 54.2 Å². The summed E-state index contributed by atoms with van der Waals surface area (Å²) in [6, 6.07) is 5.63. The van der Waals surface area contributed by atoms with Crippen LogP contribution in [0.1, 0.15) is 17.5 Å². The van der Waals surface area contributed by atoms with E-state index in [-0.39, 0.29) is 0 Å². The van der Waals surface area contributed by atoms with E-state index in [0.29, 0.717) is 5.02 Å². The Morgan fingerprint density at radius 1 is 1.25 bits per heavy atom. The highest BCUT2D eigenvalue weighted by atomic mass is 35.5. The number of hydrogen-bond acceptors (Lipinski definition) is 2. The summed E-state index contributed by atoms with van der Waals surface area (Å²) in [7, 11) is 1.77. The van der Waals surface area contributed by atoms with Crippen LogP contribution in [0.5, 0.6) is 0 Å². The van der Waals surface area contributed by atoms with Crippen molar-refractivity contribution in [2.75, 3.05) is 20.1 Å². The van der Waals surface area contributed by atoms with E-state index in [1.807, 2.05) is 36.1 Å². The number of aliphatic imine (C=N–C) groups is 1. The molecular formula is C17H23Cl2N5. The largest absolute Gasteiger partial charge is 0.356 e. The maximum absolute atomic E-state index is 6.18. The zero-order chi connectivity index (χ0) is 17.4. The maximum atomic E-state index is 6.18. The fraction of sp³-hybridized carbons (Fsp3) is 0.412. The van der Waals surface area contributed by atoms with Gasteiger partial charge in [0.1, 0.15) is 0 Å². The monoisotopic (exact) mass is 367 g/mol. The SMILES string of the molecule is CN=C(NCCCc1ccc(Cl)cc1Cl)NCCn1cc(C)cn1. The molecule has 7 heteroatoms. The fourth-order valence-electron chi connectivity index (χ4n) is 2.31. The second-order valence-corrected chi connectivity index (χ2v) is 6.39. The Kier molecular flexibility index (Phi) is 7.40. The first kappa shape index (κ1) is 18.6. The van der Waals surface area contributed by atoms with Gasteiger partial charge in [-0.05, 0) is 43.0 Å². The lowest BCUT2D eigenvalue weighted by Crippen LogP contribution is -2.39. The van der Waals surface area contributed by atoms with Crippen molar-refractivity contribution in [3.05, 3.63) is 51.8 Å². The molecule has 0 aliphatic heterocycles. The molecular weight excluding hydrogens is 345 g/mol. The zero-order valence-corrected chi connectivity index (χ0v) is 15.5. The third-order valence-corrected chi connectivity index (χ3v) is 4.14. The lowest BCUT2D eigenvalue weighted by molar-refractivity contribution is 0.596. The molecule has 0 spiro atoms.